The second-order valence-corrected chi connectivity index (χ2v) is 2.62. The molecule has 0 aromatic rings. The summed E-state index contributed by atoms with van der Waals surface area (Å²) in [4.78, 5) is 23.5. The molecule has 66 valence electrons. The number of piperazine rings is 1. The molecule has 12 heavy (non-hydrogen) atoms. The van der Waals surface area contributed by atoms with E-state index in [2.05, 4.69) is 5.32 Å². The summed E-state index contributed by atoms with van der Waals surface area (Å²) < 4.78 is 0. The number of nitrogens with zero attached hydrogens (tertiary/aromatic N) is 1. The number of allylic oxidation sites excluding steroid dienone is 1. The van der Waals surface area contributed by atoms with E-state index in [1.807, 2.05) is 19.1 Å². The zero-order valence-electron chi connectivity index (χ0n) is 7.04. The van der Waals surface area contributed by atoms with Crippen LogP contribution in [0.1, 0.15) is 6.92 Å². The second kappa shape index (κ2) is 3.90. The molecule has 1 N–H and O–H groups in total. The third kappa shape index (κ3) is 2.08. The first-order chi connectivity index (χ1) is 5.74. The Labute approximate surface area is 71.2 Å². The van der Waals surface area contributed by atoms with Crippen molar-refractivity contribution in [3.63, 3.8) is 0 Å². The van der Waals surface area contributed by atoms with Gasteiger partial charge in [0.1, 0.15) is 0 Å². The van der Waals surface area contributed by atoms with Crippen LogP contribution in [0.15, 0.2) is 12.2 Å². The normalized spacial score (nSPS) is 18.6. The lowest BCUT2D eigenvalue weighted by Gasteiger charge is -2.25. The molecule has 0 aromatic heterocycles. The smallest absolute Gasteiger partial charge is 0.242 e. The maximum absolute atomic E-state index is 11.1. The topological polar surface area (TPSA) is 49.4 Å². The Kier molecular flexibility index (Phi) is 2.85. The van der Waals surface area contributed by atoms with Crippen LogP contribution in [0.5, 0.6) is 0 Å². The molecule has 1 rings (SSSR count). The molecule has 0 unspecified atom stereocenters. The standard InChI is InChI=1S/C8H12N2O2/c1-2-3-4-10-6-7(11)9-5-8(10)12/h2-3H,4-6H2,1H3,(H,9,11)/b3-2+. The molecule has 1 aliphatic rings. The molecule has 0 aliphatic carbocycles. The Morgan fingerprint density at radius 3 is 3.00 bits per heavy atom. The fourth-order valence-electron chi connectivity index (χ4n) is 1.00. The van der Waals surface area contributed by atoms with Crippen LogP contribution < -0.4 is 5.32 Å². The lowest BCUT2D eigenvalue weighted by Crippen LogP contribution is -2.51. The first kappa shape index (κ1) is 8.77. The van der Waals surface area contributed by atoms with Gasteiger partial charge in [0.25, 0.3) is 0 Å². The molecular weight excluding hydrogens is 156 g/mol. The van der Waals surface area contributed by atoms with Crippen molar-refractivity contribution in [2.24, 2.45) is 0 Å². The predicted octanol–water partition coefficient (Wildman–Crippen LogP) is -0.479. The van der Waals surface area contributed by atoms with E-state index >= 15 is 0 Å². The Balaban J connectivity index is 2.49. The van der Waals surface area contributed by atoms with Crippen molar-refractivity contribution in [1.29, 1.82) is 0 Å². The fraction of sp³-hybridized carbons (Fsp3) is 0.500. The first-order valence-corrected chi connectivity index (χ1v) is 3.89. The molecule has 0 atom stereocenters. The van der Waals surface area contributed by atoms with E-state index in [4.69, 9.17) is 0 Å². The molecule has 0 spiro atoms. The predicted molar refractivity (Wildman–Crippen MR) is 44.4 cm³/mol. The molecule has 1 fully saturated rings. The van der Waals surface area contributed by atoms with Gasteiger partial charge >= 0.3 is 0 Å². The van der Waals surface area contributed by atoms with Crippen LogP contribution in [-0.2, 0) is 9.59 Å². The summed E-state index contributed by atoms with van der Waals surface area (Å²) in [7, 11) is 0. The van der Waals surface area contributed by atoms with E-state index in [0.717, 1.165) is 0 Å². The summed E-state index contributed by atoms with van der Waals surface area (Å²) in [5.74, 6) is -0.105. The van der Waals surface area contributed by atoms with Crippen LogP contribution in [-0.4, -0.2) is 36.3 Å². The number of nitrogens with one attached hydrogen (secondary N) is 1. The van der Waals surface area contributed by atoms with Crippen molar-refractivity contribution in [1.82, 2.24) is 10.2 Å². The van der Waals surface area contributed by atoms with E-state index < -0.39 is 0 Å². The van der Waals surface area contributed by atoms with E-state index in [1.165, 1.54) is 4.90 Å². The molecule has 0 radical (unpaired) electrons. The van der Waals surface area contributed by atoms with Gasteiger partial charge in [0.15, 0.2) is 0 Å². The Morgan fingerprint density at radius 2 is 2.33 bits per heavy atom. The van der Waals surface area contributed by atoms with Crippen LogP contribution in [0.25, 0.3) is 0 Å². The average Bonchev–Trinajstić information content (AvgIpc) is 2.07. The van der Waals surface area contributed by atoms with Crippen LogP contribution in [0.4, 0.5) is 0 Å². The third-order valence-electron chi connectivity index (χ3n) is 1.69. The highest BCUT2D eigenvalue weighted by Crippen LogP contribution is 1.95. The quantitative estimate of drug-likeness (QED) is 0.566. The van der Waals surface area contributed by atoms with Crippen molar-refractivity contribution in [2.45, 2.75) is 6.92 Å². The second-order valence-electron chi connectivity index (χ2n) is 2.62. The molecule has 1 aliphatic heterocycles. The zero-order chi connectivity index (χ0) is 8.97. The van der Waals surface area contributed by atoms with Gasteiger partial charge in [0, 0.05) is 6.54 Å². The molecule has 0 bridgehead atoms. The summed E-state index contributed by atoms with van der Waals surface area (Å²) >= 11 is 0. The molecule has 4 nitrogen and oxygen atoms in total. The van der Waals surface area contributed by atoms with Crippen LogP contribution in [0.3, 0.4) is 0 Å². The molecule has 1 heterocycles. The zero-order valence-corrected chi connectivity index (χ0v) is 7.04. The van der Waals surface area contributed by atoms with E-state index in [1.54, 1.807) is 0 Å². The minimum atomic E-state index is -0.0842. The van der Waals surface area contributed by atoms with Gasteiger partial charge in [-0.2, -0.15) is 0 Å². The minimum Gasteiger partial charge on any atom is -0.345 e. The third-order valence-corrected chi connectivity index (χ3v) is 1.69. The van der Waals surface area contributed by atoms with Crippen molar-refractivity contribution in [3.05, 3.63) is 12.2 Å². The fourth-order valence-corrected chi connectivity index (χ4v) is 1.00. The summed E-state index contributed by atoms with van der Waals surface area (Å²) in [6, 6.07) is 0. The lowest BCUT2D eigenvalue weighted by molar-refractivity contribution is -0.139. The van der Waals surface area contributed by atoms with Gasteiger partial charge in [0.05, 0.1) is 13.1 Å². The van der Waals surface area contributed by atoms with Gasteiger partial charge in [-0.25, -0.2) is 0 Å². The highest BCUT2D eigenvalue weighted by Gasteiger charge is 2.21. The Hall–Kier alpha value is -1.32. The van der Waals surface area contributed by atoms with E-state index in [9.17, 15) is 9.59 Å². The number of carbonyl (C=O) groups is 2. The average molecular weight is 168 g/mol. The minimum absolute atomic E-state index is 0.0206. The van der Waals surface area contributed by atoms with Gasteiger partial charge in [-0.1, -0.05) is 12.2 Å². The Bertz CT molecular complexity index is 223. The van der Waals surface area contributed by atoms with Gasteiger partial charge < -0.3 is 10.2 Å². The van der Waals surface area contributed by atoms with Gasteiger partial charge in [-0.3, -0.25) is 9.59 Å². The van der Waals surface area contributed by atoms with Crippen LogP contribution in [0.2, 0.25) is 0 Å². The van der Waals surface area contributed by atoms with Crippen LogP contribution >= 0.6 is 0 Å². The summed E-state index contributed by atoms with van der Waals surface area (Å²) in [6.45, 7) is 2.73. The molecule has 0 saturated carbocycles. The number of amides is 2. The SMILES string of the molecule is C/C=C/CN1CC(=O)NCC1=O. The Morgan fingerprint density at radius 1 is 1.58 bits per heavy atom. The first-order valence-electron chi connectivity index (χ1n) is 3.89. The largest absolute Gasteiger partial charge is 0.345 e. The van der Waals surface area contributed by atoms with E-state index in [0.29, 0.717) is 6.54 Å². The summed E-state index contributed by atoms with van der Waals surface area (Å²) in [5.41, 5.74) is 0. The molecule has 1 saturated heterocycles. The lowest BCUT2D eigenvalue weighted by atomic mass is 10.3. The van der Waals surface area contributed by atoms with Crippen molar-refractivity contribution < 1.29 is 9.59 Å². The number of carbonyl (C=O) groups excluding carboxylic acids is 2. The maximum atomic E-state index is 11.1. The van der Waals surface area contributed by atoms with Crippen molar-refractivity contribution >= 4 is 11.8 Å². The summed E-state index contributed by atoms with van der Waals surface area (Å²) in [6.07, 6.45) is 3.72. The highest BCUT2D eigenvalue weighted by molar-refractivity contribution is 5.92. The van der Waals surface area contributed by atoms with E-state index in [-0.39, 0.29) is 24.9 Å². The molecule has 2 amide bonds. The maximum Gasteiger partial charge on any atom is 0.242 e. The number of hydrogen-bond acceptors (Lipinski definition) is 2. The molecule has 0 aromatic carbocycles. The molecular formula is C8H12N2O2. The van der Waals surface area contributed by atoms with Gasteiger partial charge in [0.2, 0.25) is 11.8 Å². The van der Waals surface area contributed by atoms with Gasteiger partial charge in [-0.15, -0.1) is 0 Å². The highest BCUT2D eigenvalue weighted by atomic mass is 16.2. The number of hydrogen-bond donors (Lipinski definition) is 1. The molecule has 4 heteroatoms. The van der Waals surface area contributed by atoms with Crippen molar-refractivity contribution in [2.75, 3.05) is 19.6 Å². The summed E-state index contributed by atoms with van der Waals surface area (Å²) in [5, 5.41) is 2.48. The van der Waals surface area contributed by atoms with Crippen LogP contribution in [0, 0.1) is 0 Å². The van der Waals surface area contributed by atoms with Crippen molar-refractivity contribution in [3.8, 4) is 0 Å². The van der Waals surface area contributed by atoms with Gasteiger partial charge in [-0.05, 0) is 6.92 Å². The number of rotatable bonds is 2. The monoisotopic (exact) mass is 168 g/mol.